The molecule has 0 amide bonds. The van der Waals surface area contributed by atoms with E-state index in [0.717, 1.165) is 28.2 Å². The Labute approximate surface area is 243 Å². The second-order valence-corrected chi connectivity index (χ2v) is 9.98. The van der Waals surface area contributed by atoms with E-state index in [4.69, 9.17) is 23.7 Å². The molecule has 1 fully saturated rings. The Kier molecular flexibility index (Phi) is 7.75. The average Bonchev–Trinajstić information content (AvgIpc) is 3.66. The van der Waals surface area contributed by atoms with Crippen molar-refractivity contribution < 1.29 is 28.8 Å². The number of hydrogen-bond donors (Lipinski definition) is 1. The van der Waals surface area contributed by atoms with E-state index in [1.165, 1.54) is 6.33 Å². The lowest BCUT2D eigenvalue weighted by molar-refractivity contribution is -0.0955. The monoisotopic (exact) mass is 568 g/mol. The predicted molar refractivity (Wildman–Crippen MR) is 155 cm³/mol. The van der Waals surface area contributed by atoms with Gasteiger partial charge in [0, 0.05) is 12.6 Å². The first-order chi connectivity index (χ1) is 20.5. The topological polar surface area (TPSA) is 110 Å². The van der Waals surface area contributed by atoms with Crippen LogP contribution in [0, 0.1) is 0 Å². The Morgan fingerprint density at radius 3 is 2.05 bits per heavy atom. The van der Waals surface area contributed by atoms with Crippen molar-refractivity contribution in [2.45, 2.75) is 30.5 Å². The first-order valence-electron chi connectivity index (χ1n) is 13.6. The lowest BCUT2D eigenvalue weighted by Crippen LogP contribution is -2.38. The predicted octanol–water partition coefficient (Wildman–Crippen LogP) is 4.51. The van der Waals surface area contributed by atoms with Crippen molar-refractivity contribution in [2.24, 2.45) is 0 Å². The Morgan fingerprint density at radius 1 is 0.833 bits per heavy atom. The molecule has 2 aromatic heterocycles. The number of fused-ring (bicyclic) bond motifs is 1. The van der Waals surface area contributed by atoms with Gasteiger partial charge in [-0.15, -0.1) is 5.10 Å². The molecule has 0 bridgehead atoms. The number of rotatable bonds is 10. The largest absolute Gasteiger partial charge is 0.497 e. The molecule has 3 atom stereocenters. The molecule has 0 saturated carbocycles. The molecule has 1 aliphatic heterocycles. The summed E-state index contributed by atoms with van der Waals surface area (Å²) in [6.07, 6.45) is 1.60. The number of hydrogen-bond acceptors (Lipinski definition) is 9. The standard InChI is InChI=1S/C32H32N4O6/c1-38-24-13-9-22(10-14-24)32(21-7-5-4-6-8-21,23-11-15-25(39-2)16-12-23)41-19-28-27(37)17-29(42-28)36-18-26-30(35-36)33-20-34-31(26)40-3/h4-16,18,20,27-29,37H,17,19H2,1-3H3/t27-,28+,29-/m0/s1. The number of methoxy groups -OCH3 is 3. The molecular weight excluding hydrogens is 536 g/mol. The summed E-state index contributed by atoms with van der Waals surface area (Å²) >= 11 is 0. The van der Waals surface area contributed by atoms with Crippen molar-refractivity contribution in [1.82, 2.24) is 19.7 Å². The molecule has 0 unspecified atom stereocenters. The molecule has 1 N–H and O–H groups in total. The van der Waals surface area contributed by atoms with E-state index < -0.39 is 24.0 Å². The van der Waals surface area contributed by atoms with E-state index in [0.29, 0.717) is 23.3 Å². The van der Waals surface area contributed by atoms with Gasteiger partial charge in [-0.2, -0.15) is 0 Å². The fourth-order valence-electron chi connectivity index (χ4n) is 5.45. The van der Waals surface area contributed by atoms with Gasteiger partial charge in [0.15, 0.2) is 11.9 Å². The zero-order valence-electron chi connectivity index (χ0n) is 23.6. The highest BCUT2D eigenvalue weighted by Crippen LogP contribution is 2.43. The van der Waals surface area contributed by atoms with Gasteiger partial charge >= 0.3 is 0 Å². The maximum Gasteiger partial charge on any atom is 0.227 e. The third-order valence-corrected chi connectivity index (χ3v) is 7.63. The number of benzene rings is 3. The molecule has 3 aromatic carbocycles. The van der Waals surface area contributed by atoms with Crippen LogP contribution in [0.2, 0.25) is 0 Å². The molecular formula is C32H32N4O6. The molecule has 0 aliphatic carbocycles. The Hall–Kier alpha value is -4.51. The van der Waals surface area contributed by atoms with Crippen molar-refractivity contribution in [2.75, 3.05) is 27.9 Å². The highest BCUT2D eigenvalue weighted by Gasteiger charge is 2.42. The normalized spacial score (nSPS) is 18.7. The molecule has 1 saturated heterocycles. The molecule has 0 spiro atoms. The van der Waals surface area contributed by atoms with Gasteiger partial charge in [0.25, 0.3) is 0 Å². The van der Waals surface area contributed by atoms with Gasteiger partial charge < -0.3 is 28.8 Å². The summed E-state index contributed by atoms with van der Waals surface area (Å²) in [7, 11) is 4.83. The van der Waals surface area contributed by atoms with Crippen LogP contribution in [0.5, 0.6) is 17.4 Å². The number of ether oxygens (including phenoxy) is 5. The smallest absolute Gasteiger partial charge is 0.227 e. The minimum atomic E-state index is -1.02. The zero-order valence-corrected chi connectivity index (χ0v) is 23.6. The van der Waals surface area contributed by atoms with Crippen LogP contribution in [-0.4, -0.2) is 65.0 Å². The van der Waals surface area contributed by atoms with Gasteiger partial charge in [0.05, 0.1) is 34.0 Å². The maximum absolute atomic E-state index is 11.1. The zero-order chi connectivity index (χ0) is 29.1. The van der Waals surface area contributed by atoms with Crippen LogP contribution in [0.15, 0.2) is 91.4 Å². The van der Waals surface area contributed by atoms with Crippen molar-refractivity contribution in [3.8, 4) is 17.4 Å². The van der Waals surface area contributed by atoms with E-state index in [1.807, 2.05) is 78.9 Å². The fraction of sp³-hybridized carbons (Fsp3) is 0.281. The van der Waals surface area contributed by atoms with E-state index in [2.05, 4.69) is 15.1 Å². The van der Waals surface area contributed by atoms with Crippen molar-refractivity contribution in [3.05, 3.63) is 108 Å². The molecule has 42 heavy (non-hydrogen) atoms. The van der Waals surface area contributed by atoms with Crippen LogP contribution in [0.25, 0.3) is 11.0 Å². The first-order valence-corrected chi connectivity index (χ1v) is 13.6. The first kappa shape index (κ1) is 27.6. The number of aromatic nitrogens is 4. The molecule has 3 heterocycles. The lowest BCUT2D eigenvalue weighted by Gasteiger charge is -2.37. The Bertz CT molecular complexity index is 1580. The van der Waals surface area contributed by atoms with E-state index in [1.54, 1.807) is 32.2 Å². The SMILES string of the molecule is COc1ccc(C(OC[C@H]2O[C@H](n3cc4c(OC)ncnc4n3)C[C@@H]2O)(c2ccccc2)c2ccc(OC)cc2)cc1. The van der Waals surface area contributed by atoms with Gasteiger partial charge in [-0.3, -0.25) is 0 Å². The van der Waals surface area contributed by atoms with Crippen molar-refractivity contribution >= 4 is 11.0 Å². The lowest BCUT2D eigenvalue weighted by atomic mass is 9.80. The molecule has 10 nitrogen and oxygen atoms in total. The Balaban J connectivity index is 1.35. The summed E-state index contributed by atoms with van der Waals surface area (Å²) in [5.74, 6) is 1.90. The summed E-state index contributed by atoms with van der Waals surface area (Å²) in [6.45, 7) is 0.106. The van der Waals surface area contributed by atoms with Gasteiger partial charge in [0.1, 0.15) is 34.9 Å². The highest BCUT2D eigenvalue weighted by atomic mass is 16.6. The fourth-order valence-corrected chi connectivity index (χ4v) is 5.45. The van der Waals surface area contributed by atoms with Crippen LogP contribution >= 0.6 is 0 Å². The van der Waals surface area contributed by atoms with Crippen LogP contribution in [0.1, 0.15) is 29.3 Å². The van der Waals surface area contributed by atoms with Gasteiger partial charge in [0.2, 0.25) is 5.88 Å². The minimum Gasteiger partial charge on any atom is -0.497 e. The quantitative estimate of drug-likeness (QED) is 0.243. The number of nitrogens with zero attached hydrogens (tertiary/aromatic N) is 4. The van der Waals surface area contributed by atoms with Crippen molar-refractivity contribution in [1.29, 1.82) is 0 Å². The van der Waals surface area contributed by atoms with Crippen LogP contribution < -0.4 is 14.2 Å². The summed E-state index contributed by atoms with van der Waals surface area (Å²) in [5.41, 5.74) is 2.18. The number of aliphatic hydroxyl groups is 1. The van der Waals surface area contributed by atoms with Gasteiger partial charge in [-0.25, -0.2) is 14.6 Å². The number of aliphatic hydroxyl groups excluding tert-OH is 1. The molecule has 6 rings (SSSR count). The Morgan fingerprint density at radius 2 is 1.45 bits per heavy atom. The summed E-state index contributed by atoms with van der Waals surface area (Å²) in [4.78, 5) is 8.38. The molecule has 10 heteroatoms. The van der Waals surface area contributed by atoms with E-state index in [-0.39, 0.29) is 6.61 Å². The van der Waals surface area contributed by atoms with Gasteiger partial charge in [-0.05, 0) is 41.0 Å². The summed E-state index contributed by atoms with van der Waals surface area (Å²) < 4.78 is 31.1. The molecule has 1 aliphatic rings. The van der Waals surface area contributed by atoms with Crippen LogP contribution in [-0.2, 0) is 15.1 Å². The van der Waals surface area contributed by atoms with E-state index >= 15 is 0 Å². The third kappa shape index (κ3) is 5.04. The molecule has 216 valence electrons. The van der Waals surface area contributed by atoms with E-state index in [9.17, 15) is 5.11 Å². The minimum absolute atomic E-state index is 0.106. The van der Waals surface area contributed by atoms with Crippen molar-refractivity contribution in [3.63, 3.8) is 0 Å². The third-order valence-electron chi connectivity index (χ3n) is 7.63. The second-order valence-electron chi connectivity index (χ2n) is 9.98. The second kappa shape index (κ2) is 11.8. The highest BCUT2D eigenvalue weighted by molar-refractivity contribution is 5.79. The summed E-state index contributed by atoms with van der Waals surface area (Å²) in [6, 6.07) is 25.6. The molecule has 0 radical (unpaired) electrons. The maximum atomic E-state index is 11.1. The van der Waals surface area contributed by atoms with Crippen LogP contribution in [0.3, 0.4) is 0 Å². The average molecular weight is 569 g/mol. The molecule has 5 aromatic rings. The summed E-state index contributed by atoms with van der Waals surface area (Å²) in [5, 5.41) is 16.3. The van der Waals surface area contributed by atoms with Crippen LogP contribution in [0.4, 0.5) is 0 Å². The van der Waals surface area contributed by atoms with Gasteiger partial charge in [-0.1, -0.05) is 54.6 Å².